The number of aromatic amines is 2. The lowest BCUT2D eigenvalue weighted by molar-refractivity contribution is -0.132. The molecule has 12 heavy (non-hydrogen) atoms. The Morgan fingerprint density at radius 2 is 2.17 bits per heavy atom. The Morgan fingerprint density at radius 3 is 2.67 bits per heavy atom. The number of H-pyrrole nitrogens is 2. The highest BCUT2D eigenvalue weighted by Crippen LogP contribution is 1.95. The van der Waals surface area contributed by atoms with Crippen LogP contribution in [0.4, 0.5) is 0 Å². The molecule has 0 saturated carbocycles. The number of hydrogen-bond acceptors (Lipinski definition) is 4. The molecule has 0 atom stereocenters. The number of ether oxygens (including phenoxy) is 1. The molecule has 6 nitrogen and oxygen atoms in total. The van der Waals surface area contributed by atoms with Gasteiger partial charge in [-0.25, -0.2) is 4.79 Å². The number of carbonyl (C=O) groups excluding carboxylic acids is 1. The summed E-state index contributed by atoms with van der Waals surface area (Å²) in [5.74, 6) is -0.838. The van der Waals surface area contributed by atoms with Crippen molar-refractivity contribution in [3.63, 3.8) is 0 Å². The normalized spacial score (nSPS) is 9.42. The third-order valence-electron chi connectivity index (χ3n) is 1.04. The van der Waals surface area contributed by atoms with Crippen molar-refractivity contribution in [3.8, 4) is 5.75 Å². The standard InChI is InChI=1S/C6H6N2O4/c1-3(9)12-4-2-7-6(11)8-5(4)10/h2H,1H3,(H2,7,8,10,11). The van der Waals surface area contributed by atoms with Crippen molar-refractivity contribution in [2.45, 2.75) is 6.92 Å². The van der Waals surface area contributed by atoms with Crippen molar-refractivity contribution in [1.82, 2.24) is 9.97 Å². The predicted molar refractivity (Wildman–Crippen MR) is 39.0 cm³/mol. The molecule has 0 aliphatic rings. The number of hydrogen-bond donors (Lipinski definition) is 2. The topological polar surface area (TPSA) is 92.0 Å². The van der Waals surface area contributed by atoms with Gasteiger partial charge in [0.1, 0.15) is 0 Å². The van der Waals surface area contributed by atoms with Crippen molar-refractivity contribution >= 4 is 5.97 Å². The largest absolute Gasteiger partial charge is 0.419 e. The molecule has 1 heterocycles. The maximum atomic E-state index is 10.8. The molecular formula is C6H6N2O4. The molecule has 1 aromatic rings. The van der Waals surface area contributed by atoms with E-state index in [1.165, 1.54) is 0 Å². The summed E-state index contributed by atoms with van der Waals surface area (Å²) in [6.45, 7) is 1.16. The lowest BCUT2D eigenvalue weighted by Gasteiger charge is -1.96. The molecule has 0 aliphatic carbocycles. The summed E-state index contributed by atoms with van der Waals surface area (Å²) >= 11 is 0. The lowest BCUT2D eigenvalue weighted by atomic mass is 10.6. The zero-order chi connectivity index (χ0) is 9.14. The summed E-state index contributed by atoms with van der Waals surface area (Å²) in [6, 6.07) is 0. The highest BCUT2D eigenvalue weighted by molar-refractivity contribution is 5.68. The van der Waals surface area contributed by atoms with E-state index in [9.17, 15) is 14.4 Å². The van der Waals surface area contributed by atoms with E-state index in [2.05, 4.69) is 9.72 Å². The molecule has 6 heteroatoms. The number of nitrogens with one attached hydrogen (secondary N) is 2. The van der Waals surface area contributed by atoms with E-state index in [1.807, 2.05) is 4.98 Å². The summed E-state index contributed by atoms with van der Waals surface area (Å²) < 4.78 is 4.45. The average molecular weight is 170 g/mol. The minimum atomic E-state index is -0.728. The van der Waals surface area contributed by atoms with Gasteiger partial charge in [-0.2, -0.15) is 0 Å². The molecule has 64 valence electrons. The molecule has 0 bridgehead atoms. The van der Waals surface area contributed by atoms with E-state index in [1.54, 1.807) is 0 Å². The van der Waals surface area contributed by atoms with Crippen LogP contribution < -0.4 is 16.0 Å². The first kappa shape index (κ1) is 8.25. The number of esters is 1. The first-order valence-electron chi connectivity index (χ1n) is 3.10. The Hall–Kier alpha value is -1.85. The molecule has 0 unspecified atom stereocenters. The van der Waals surface area contributed by atoms with Crippen LogP contribution in [0.1, 0.15) is 6.92 Å². The molecule has 1 aromatic heterocycles. The minimum Gasteiger partial charge on any atom is -0.419 e. The quantitative estimate of drug-likeness (QED) is 0.528. The van der Waals surface area contributed by atoms with Crippen molar-refractivity contribution in [3.05, 3.63) is 27.0 Å². The van der Waals surface area contributed by atoms with Gasteiger partial charge in [0.2, 0.25) is 5.75 Å². The van der Waals surface area contributed by atoms with E-state index in [-0.39, 0.29) is 5.75 Å². The van der Waals surface area contributed by atoms with E-state index < -0.39 is 17.2 Å². The van der Waals surface area contributed by atoms with Crippen LogP contribution in [0.3, 0.4) is 0 Å². The number of rotatable bonds is 1. The highest BCUT2D eigenvalue weighted by atomic mass is 16.5. The van der Waals surface area contributed by atoms with Gasteiger partial charge in [0.05, 0.1) is 6.20 Å². The van der Waals surface area contributed by atoms with Crippen LogP contribution in [0.2, 0.25) is 0 Å². The van der Waals surface area contributed by atoms with Crippen LogP contribution in [0, 0.1) is 0 Å². The second-order valence-electron chi connectivity index (χ2n) is 2.03. The van der Waals surface area contributed by atoms with E-state index in [0.717, 1.165) is 13.1 Å². The third-order valence-corrected chi connectivity index (χ3v) is 1.04. The van der Waals surface area contributed by atoms with Gasteiger partial charge in [0, 0.05) is 6.92 Å². The third kappa shape index (κ3) is 1.82. The summed E-state index contributed by atoms with van der Waals surface area (Å²) in [4.78, 5) is 35.7. The zero-order valence-electron chi connectivity index (χ0n) is 6.21. The Balaban J connectivity index is 3.10. The molecule has 1 rings (SSSR count). The summed E-state index contributed by atoms with van der Waals surface area (Å²) in [7, 11) is 0. The monoisotopic (exact) mass is 170 g/mol. The van der Waals surface area contributed by atoms with Gasteiger partial charge >= 0.3 is 11.7 Å². The van der Waals surface area contributed by atoms with Crippen LogP contribution in [0.15, 0.2) is 15.8 Å². The zero-order valence-corrected chi connectivity index (χ0v) is 6.21. The molecule has 0 aliphatic heterocycles. The molecule has 0 radical (unpaired) electrons. The van der Waals surface area contributed by atoms with Gasteiger partial charge in [0.25, 0.3) is 5.56 Å². The first-order valence-corrected chi connectivity index (χ1v) is 3.10. The second kappa shape index (κ2) is 3.04. The predicted octanol–water partition coefficient (Wildman–Crippen LogP) is -1.01. The molecule has 0 fully saturated rings. The molecule has 0 spiro atoms. The van der Waals surface area contributed by atoms with Crippen molar-refractivity contribution in [2.75, 3.05) is 0 Å². The van der Waals surface area contributed by atoms with Crippen LogP contribution in [-0.4, -0.2) is 15.9 Å². The SMILES string of the molecule is CC(=O)Oc1c[nH]c(=O)[nH]c1=O. The van der Waals surface area contributed by atoms with Crippen molar-refractivity contribution < 1.29 is 9.53 Å². The van der Waals surface area contributed by atoms with Gasteiger partial charge < -0.3 is 9.72 Å². The smallest absolute Gasteiger partial charge is 0.325 e. The summed E-state index contributed by atoms with van der Waals surface area (Å²) in [6.07, 6.45) is 1.03. The fourth-order valence-electron chi connectivity index (χ4n) is 0.628. The highest BCUT2D eigenvalue weighted by Gasteiger charge is 2.02. The molecular weight excluding hydrogens is 164 g/mol. The van der Waals surface area contributed by atoms with Gasteiger partial charge in [-0.1, -0.05) is 0 Å². The number of carbonyl (C=O) groups is 1. The van der Waals surface area contributed by atoms with Gasteiger partial charge in [-0.15, -0.1) is 0 Å². The first-order chi connectivity index (χ1) is 5.59. The minimum absolute atomic E-state index is 0.220. The maximum Gasteiger partial charge on any atom is 0.325 e. The molecule has 0 amide bonds. The Kier molecular flexibility index (Phi) is 2.09. The average Bonchev–Trinajstić information content (AvgIpc) is 1.94. The summed E-state index contributed by atoms with van der Waals surface area (Å²) in [5.41, 5.74) is -1.37. The van der Waals surface area contributed by atoms with E-state index in [4.69, 9.17) is 0 Å². The Bertz CT molecular complexity index is 402. The van der Waals surface area contributed by atoms with Gasteiger partial charge in [0.15, 0.2) is 0 Å². The van der Waals surface area contributed by atoms with E-state index in [0.29, 0.717) is 0 Å². The maximum absolute atomic E-state index is 10.8. The Morgan fingerprint density at radius 1 is 1.50 bits per heavy atom. The fraction of sp³-hybridized carbons (Fsp3) is 0.167. The van der Waals surface area contributed by atoms with Crippen molar-refractivity contribution in [2.24, 2.45) is 0 Å². The van der Waals surface area contributed by atoms with E-state index >= 15 is 0 Å². The van der Waals surface area contributed by atoms with Crippen LogP contribution in [0.5, 0.6) is 5.75 Å². The van der Waals surface area contributed by atoms with Crippen molar-refractivity contribution in [1.29, 1.82) is 0 Å². The van der Waals surface area contributed by atoms with Crippen LogP contribution in [-0.2, 0) is 4.79 Å². The fourth-order valence-corrected chi connectivity index (χ4v) is 0.628. The number of aromatic nitrogens is 2. The Labute approximate surface area is 66.2 Å². The van der Waals surface area contributed by atoms with Crippen LogP contribution in [0.25, 0.3) is 0 Å². The molecule has 2 N–H and O–H groups in total. The molecule has 0 saturated heterocycles. The second-order valence-corrected chi connectivity index (χ2v) is 2.03. The lowest BCUT2D eigenvalue weighted by Crippen LogP contribution is -2.23. The van der Waals surface area contributed by atoms with Gasteiger partial charge in [-0.3, -0.25) is 14.6 Å². The van der Waals surface area contributed by atoms with Gasteiger partial charge in [-0.05, 0) is 0 Å². The summed E-state index contributed by atoms with van der Waals surface area (Å²) in [5, 5.41) is 0. The molecule has 0 aromatic carbocycles. The van der Waals surface area contributed by atoms with Crippen LogP contribution >= 0.6 is 0 Å².